The van der Waals surface area contributed by atoms with Gasteiger partial charge in [0.25, 0.3) is 0 Å². The minimum Gasteiger partial charge on any atom is -0.494 e. The van der Waals surface area contributed by atoms with Crippen LogP contribution in [0.15, 0.2) is 60.7 Å². The van der Waals surface area contributed by atoms with Crippen LogP contribution in [0.3, 0.4) is 0 Å². The smallest absolute Gasteiger partial charge is 0.343 e. The number of fused-ring (bicyclic) bond motifs is 1. The Balaban J connectivity index is 1.52. The molecule has 0 aliphatic heterocycles. The van der Waals surface area contributed by atoms with Crippen LogP contribution >= 0.6 is 0 Å². The van der Waals surface area contributed by atoms with E-state index in [1.807, 2.05) is 18.2 Å². The molecular weight excluding hydrogens is 396 g/mol. The van der Waals surface area contributed by atoms with Gasteiger partial charge >= 0.3 is 5.97 Å². The molecular formula is C24H26N2O5. The second-order valence-electron chi connectivity index (χ2n) is 6.86. The molecule has 7 heteroatoms. The largest absolute Gasteiger partial charge is 0.494 e. The molecule has 0 bridgehead atoms. The SMILES string of the molecule is COCCOCCCOc1ccc(C(=O)Oc2ccc3cc(C(=N)N)ccc3c2)cc1. The van der Waals surface area contributed by atoms with Gasteiger partial charge in [-0.15, -0.1) is 0 Å². The molecule has 0 heterocycles. The number of nitrogens with two attached hydrogens (primary N) is 1. The normalized spacial score (nSPS) is 10.7. The summed E-state index contributed by atoms with van der Waals surface area (Å²) in [6, 6.07) is 17.6. The van der Waals surface area contributed by atoms with E-state index >= 15 is 0 Å². The average molecular weight is 422 g/mol. The van der Waals surface area contributed by atoms with Crippen LogP contribution in [-0.4, -0.2) is 45.3 Å². The van der Waals surface area contributed by atoms with E-state index in [1.165, 1.54) is 0 Å². The third-order valence-corrected chi connectivity index (χ3v) is 4.56. The molecule has 0 atom stereocenters. The molecule has 0 aliphatic carbocycles. The number of benzene rings is 3. The zero-order valence-corrected chi connectivity index (χ0v) is 17.4. The molecule has 3 aromatic rings. The quantitative estimate of drug-likeness (QED) is 0.160. The molecule has 162 valence electrons. The zero-order valence-electron chi connectivity index (χ0n) is 17.4. The second kappa shape index (κ2) is 11.1. The molecule has 7 nitrogen and oxygen atoms in total. The highest BCUT2D eigenvalue weighted by Gasteiger charge is 2.10. The van der Waals surface area contributed by atoms with E-state index in [-0.39, 0.29) is 5.84 Å². The minimum absolute atomic E-state index is 0.0141. The van der Waals surface area contributed by atoms with Crippen LogP contribution < -0.4 is 15.2 Å². The first-order valence-electron chi connectivity index (χ1n) is 9.97. The Kier molecular flexibility index (Phi) is 7.98. The molecule has 3 rings (SSSR count). The molecule has 0 amide bonds. The molecule has 0 radical (unpaired) electrons. The van der Waals surface area contributed by atoms with Gasteiger partial charge in [0.2, 0.25) is 0 Å². The number of hydrogen-bond acceptors (Lipinski definition) is 6. The van der Waals surface area contributed by atoms with Crippen molar-refractivity contribution in [2.45, 2.75) is 6.42 Å². The second-order valence-corrected chi connectivity index (χ2v) is 6.86. The van der Waals surface area contributed by atoms with Crippen molar-refractivity contribution in [3.05, 3.63) is 71.8 Å². The molecule has 0 fully saturated rings. The lowest BCUT2D eigenvalue weighted by Crippen LogP contribution is -2.10. The molecule has 0 aliphatic rings. The fourth-order valence-corrected chi connectivity index (χ4v) is 2.90. The topological polar surface area (TPSA) is 104 Å². The van der Waals surface area contributed by atoms with Crippen LogP contribution in [0, 0.1) is 5.41 Å². The van der Waals surface area contributed by atoms with Gasteiger partial charge in [0.1, 0.15) is 17.3 Å². The predicted octanol–water partition coefficient (Wildman–Crippen LogP) is 3.77. The highest BCUT2D eigenvalue weighted by molar-refractivity contribution is 5.99. The Morgan fingerprint density at radius 1 is 0.839 bits per heavy atom. The van der Waals surface area contributed by atoms with Crippen LogP contribution in [0.2, 0.25) is 0 Å². The van der Waals surface area contributed by atoms with Crippen LogP contribution in [0.5, 0.6) is 11.5 Å². The Labute approximate surface area is 181 Å². The van der Waals surface area contributed by atoms with Crippen LogP contribution in [0.25, 0.3) is 10.8 Å². The molecule has 0 aromatic heterocycles. The highest BCUT2D eigenvalue weighted by atomic mass is 16.5. The van der Waals surface area contributed by atoms with E-state index in [1.54, 1.807) is 49.6 Å². The number of ether oxygens (including phenoxy) is 4. The third-order valence-electron chi connectivity index (χ3n) is 4.56. The van der Waals surface area contributed by atoms with Gasteiger partial charge in [0.15, 0.2) is 0 Å². The number of nitrogen functional groups attached to an aromatic ring is 1. The Hall–Kier alpha value is -3.42. The number of hydrogen-bond donors (Lipinski definition) is 2. The number of rotatable bonds is 11. The number of amidine groups is 1. The van der Waals surface area contributed by atoms with Gasteiger partial charge in [0.05, 0.1) is 25.4 Å². The highest BCUT2D eigenvalue weighted by Crippen LogP contribution is 2.23. The lowest BCUT2D eigenvalue weighted by Gasteiger charge is -2.09. The summed E-state index contributed by atoms with van der Waals surface area (Å²) in [5, 5.41) is 9.33. The van der Waals surface area contributed by atoms with Crippen LogP contribution in [0.4, 0.5) is 0 Å². The van der Waals surface area contributed by atoms with Crippen molar-refractivity contribution in [1.29, 1.82) is 5.41 Å². The van der Waals surface area contributed by atoms with E-state index in [2.05, 4.69) is 0 Å². The van der Waals surface area contributed by atoms with Crippen molar-refractivity contribution < 1.29 is 23.7 Å². The molecule has 0 unspecified atom stereocenters. The van der Waals surface area contributed by atoms with Crippen molar-refractivity contribution >= 4 is 22.6 Å². The van der Waals surface area contributed by atoms with Crippen molar-refractivity contribution in [1.82, 2.24) is 0 Å². The van der Waals surface area contributed by atoms with Crippen molar-refractivity contribution in [2.24, 2.45) is 5.73 Å². The Bertz CT molecular complexity index is 1030. The van der Waals surface area contributed by atoms with Crippen molar-refractivity contribution in [3.8, 4) is 11.5 Å². The monoisotopic (exact) mass is 422 g/mol. The predicted molar refractivity (Wildman–Crippen MR) is 119 cm³/mol. The lowest BCUT2D eigenvalue weighted by molar-refractivity contribution is 0.0644. The third kappa shape index (κ3) is 6.53. The van der Waals surface area contributed by atoms with Crippen LogP contribution in [0.1, 0.15) is 22.3 Å². The summed E-state index contributed by atoms with van der Waals surface area (Å²) in [5.74, 6) is 0.695. The summed E-state index contributed by atoms with van der Waals surface area (Å²) in [7, 11) is 1.64. The maximum absolute atomic E-state index is 12.5. The minimum atomic E-state index is -0.446. The summed E-state index contributed by atoms with van der Waals surface area (Å²) in [5.41, 5.74) is 6.61. The van der Waals surface area contributed by atoms with E-state index in [4.69, 9.17) is 30.1 Å². The Morgan fingerprint density at radius 3 is 2.26 bits per heavy atom. The van der Waals surface area contributed by atoms with Crippen molar-refractivity contribution in [2.75, 3.05) is 33.5 Å². The fraction of sp³-hybridized carbons (Fsp3) is 0.250. The average Bonchev–Trinajstić information content (AvgIpc) is 2.78. The summed E-state index contributed by atoms with van der Waals surface area (Å²) in [4.78, 5) is 12.5. The summed E-state index contributed by atoms with van der Waals surface area (Å²) >= 11 is 0. The first-order valence-corrected chi connectivity index (χ1v) is 9.97. The van der Waals surface area contributed by atoms with E-state index in [9.17, 15) is 4.79 Å². The fourth-order valence-electron chi connectivity index (χ4n) is 2.90. The first kappa shape index (κ1) is 22.3. The van der Waals surface area contributed by atoms with E-state index in [0.717, 1.165) is 17.2 Å². The molecule has 3 aromatic carbocycles. The van der Waals surface area contributed by atoms with Gasteiger partial charge in [-0.05, 0) is 53.2 Å². The number of esters is 1. The van der Waals surface area contributed by atoms with Gasteiger partial charge < -0.3 is 24.7 Å². The lowest BCUT2D eigenvalue weighted by atomic mass is 10.1. The number of nitrogens with one attached hydrogen (secondary N) is 1. The van der Waals surface area contributed by atoms with E-state index < -0.39 is 5.97 Å². The van der Waals surface area contributed by atoms with Gasteiger partial charge in [-0.3, -0.25) is 5.41 Å². The van der Waals surface area contributed by atoms with Gasteiger partial charge in [-0.2, -0.15) is 0 Å². The van der Waals surface area contributed by atoms with E-state index in [0.29, 0.717) is 49.1 Å². The maximum Gasteiger partial charge on any atom is 0.343 e. The van der Waals surface area contributed by atoms with Crippen LogP contribution in [-0.2, 0) is 9.47 Å². The molecule has 0 spiro atoms. The number of methoxy groups -OCH3 is 1. The number of carbonyl (C=O) groups is 1. The zero-order chi connectivity index (χ0) is 22.1. The van der Waals surface area contributed by atoms with Gasteiger partial charge in [-0.25, -0.2) is 4.79 Å². The summed E-state index contributed by atoms with van der Waals surface area (Å²) < 4.78 is 21.4. The van der Waals surface area contributed by atoms with Crippen molar-refractivity contribution in [3.63, 3.8) is 0 Å². The maximum atomic E-state index is 12.5. The standard InChI is InChI=1S/C24H26N2O5/c1-28-13-14-29-11-2-12-30-21-8-5-17(6-9-21)24(27)31-22-10-7-18-15-20(23(25)26)4-3-19(18)16-22/h3-10,15-16H,2,11-14H2,1H3,(H3,25,26). The number of carbonyl (C=O) groups excluding carboxylic acids is 1. The molecule has 0 saturated carbocycles. The summed E-state index contributed by atoms with van der Waals surface area (Å²) in [6.07, 6.45) is 0.767. The van der Waals surface area contributed by atoms with Gasteiger partial charge in [-0.1, -0.05) is 18.2 Å². The molecule has 3 N–H and O–H groups in total. The molecule has 31 heavy (non-hydrogen) atoms. The molecule has 0 saturated heterocycles. The van der Waals surface area contributed by atoms with Gasteiger partial charge in [0, 0.05) is 25.7 Å². The summed E-state index contributed by atoms with van der Waals surface area (Å²) in [6.45, 7) is 2.29. The first-order chi connectivity index (χ1) is 15.1. The Morgan fingerprint density at radius 2 is 1.52 bits per heavy atom.